The summed E-state index contributed by atoms with van der Waals surface area (Å²) < 4.78 is 30.0. The fourth-order valence-corrected chi connectivity index (χ4v) is 4.87. The monoisotopic (exact) mass is 445 g/mol. The van der Waals surface area contributed by atoms with Gasteiger partial charge in [-0.25, -0.2) is 12.7 Å². The summed E-state index contributed by atoms with van der Waals surface area (Å²) in [6.45, 7) is 1.11. The van der Waals surface area contributed by atoms with Gasteiger partial charge in [-0.1, -0.05) is 23.4 Å². The molecule has 0 bridgehead atoms. The first-order valence-electron chi connectivity index (χ1n) is 10.5. The molecule has 1 aromatic carbocycles. The minimum absolute atomic E-state index is 0.0546. The van der Waals surface area contributed by atoms with Crippen LogP contribution >= 0.6 is 0 Å². The molecule has 31 heavy (non-hydrogen) atoms. The summed E-state index contributed by atoms with van der Waals surface area (Å²) in [7, 11) is -3.16. The molecular formula is C21H27N5O4S. The molecule has 1 aliphatic heterocycles. The molecule has 2 aromatic heterocycles. The number of carbonyl (C=O) groups excluding carboxylic acids is 1. The Hall–Kier alpha value is -2.72. The van der Waals surface area contributed by atoms with Gasteiger partial charge in [0.1, 0.15) is 0 Å². The van der Waals surface area contributed by atoms with Gasteiger partial charge < -0.3 is 14.8 Å². The van der Waals surface area contributed by atoms with E-state index < -0.39 is 10.0 Å². The van der Waals surface area contributed by atoms with Gasteiger partial charge in [0.05, 0.1) is 12.8 Å². The van der Waals surface area contributed by atoms with Crippen molar-refractivity contribution >= 4 is 26.8 Å². The van der Waals surface area contributed by atoms with Crippen LogP contribution in [0.25, 0.3) is 10.9 Å². The van der Waals surface area contributed by atoms with Crippen molar-refractivity contribution in [1.29, 1.82) is 0 Å². The van der Waals surface area contributed by atoms with Gasteiger partial charge in [0, 0.05) is 42.5 Å². The fourth-order valence-electron chi connectivity index (χ4n) is 3.99. The van der Waals surface area contributed by atoms with Crippen LogP contribution in [0.4, 0.5) is 0 Å². The van der Waals surface area contributed by atoms with E-state index >= 15 is 0 Å². The number of para-hydroxylation sites is 1. The lowest BCUT2D eigenvalue weighted by Crippen LogP contribution is -2.37. The molecule has 3 heterocycles. The van der Waals surface area contributed by atoms with Crippen molar-refractivity contribution in [3.8, 4) is 0 Å². The van der Waals surface area contributed by atoms with Gasteiger partial charge in [-0.3, -0.25) is 4.79 Å². The van der Waals surface area contributed by atoms with Crippen LogP contribution in [-0.4, -0.2) is 53.1 Å². The number of fused-ring (bicyclic) bond motifs is 1. The first-order valence-corrected chi connectivity index (χ1v) is 12.3. The van der Waals surface area contributed by atoms with E-state index in [1.807, 2.05) is 24.4 Å². The van der Waals surface area contributed by atoms with Crippen molar-refractivity contribution in [3.63, 3.8) is 0 Å². The highest BCUT2D eigenvalue weighted by Gasteiger charge is 2.28. The number of nitrogens with one attached hydrogen (secondary N) is 2. The van der Waals surface area contributed by atoms with Gasteiger partial charge in [-0.2, -0.15) is 4.98 Å². The summed E-state index contributed by atoms with van der Waals surface area (Å²) in [5.41, 5.74) is 2.32. The lowest BCUT2D eigenvalue weighted by molar-refractivity contribution is -0.121. The quantitative estimate of drug-likeness (QED) is 0.549. The molecule has 2 N–H and O–H groups in total. The molecule has 0 unspecified atom stereocenters. The Balaban J connectivity index is 1.20. The zero-order chi connectivity index (χ0) is 21.8. The molecule has 4 rings (SSSR count). The van der Waals surface area contributed by atoms with Gasteiger partial charge in [0.15, 0.2) is 5.82 Å². The third kappa shape index (κ3) is 5.31. The van der Waals surface area contributed by atoms with Crippen LogP contribution in [0.1, 0.15) is 48.9 Å². The van der Waals surface area contributed by atoms with Crippen LogP contribution in [0.2, 0.25) is 0 Å². The summed E-state index contributed by atoms with van der Waals surface area (Å²) in [4.78, 5) is 19.8. The van der Waals surface area contributed by atoms with Crippen LogP contribution in [0.15, 0.2) is 35.0 Å². The SMILES string of the molecule is CS(=O)(=O)N1CCC(c2noc(CNC(=O)CCCc3c[nH]c4ccccc34)n2)CC1. The van der Waals surface area contributed by atoms with Crippen molar-refractivity contribution in [3.05, 3.63) is 47.7 Å². The molecule has 166 valence electrons. The largest absolute Gasteiger partial charge is 0.361 e. The molecule has 3 aromatic rings. The number of sulfonamides is 1. The van der Waals surface area contributed by atoms with Crippen LogP contribution in [0.3, 0.4) is 0 Å². The highest BCUT2D eigenvalue weighted by molar-refractivity contribution is 7.88. The number of hydrogen-bond acceptors (Lipinski definition) is 6. The van der Waals surface area contributed by atoms with Crippen molar-refractivity contribution in [1.82, 2.24) is 24.7 Å². The van der Waals surface area contributed by atoms with Gasteiger partial charge in [0.2, 0.25) is 21.8 Å². The summed E-state index contributed by atoms with van der Waals surface area (Å²) >= 11 is 0. The Morgan fingerprint density at radius 3 is 2.84 bits per heavy atom. The Labute approximate surface area is 181 Å². The molecule has 1 saturated heterocycles. The second-order valence-electron chi connectivity index (χ2n) is 7.97. The summed E-state index contributed by atoms with van der Waals surface area (Å²) in [5, 5.41) is 8.05. The van der Waals surface area contributed by atoms with Crippen molar-refractivity contribution < 1.29 is 17.7 Å². The first kappa shape index (κ1) is 21.5. The van der Waals surface area contributed by atoms with E-state index in [9.17, 15) is 13.2 Å². The predicted octanol–water partition coefficient (Wildman–Crippen LogP) is 2.33. The molecular weight excluding hydrogens is 418 g/mol. The number of aromatic nitrogens is 3. The predicted molar refractivity (Wildman–Crippen MR) is 116 cm³/mol. The number of benzene rings is 1. The summed E-state index contributed by atoms with van der Waals surface area (Å²) in [6.07, 6.45) is 6.55. The van der Waals surface area contributed by atoms with E-state index in [-0.39, 0.29) is 18.4 Å². The molecule has 9 nitrogen and oxygen atoms in total. The smallest absolute Gasteiger partial charge is 0.246 e. The maximum absolute atomic E-state index is 12.2. The zero-order valence-corrected chi connectivity index (χ0v) is 18.3. The molecule has 0 radical (unpaired) electrons. The molecule has 1 fully saturated rings. The molecule has 0 saturated carbocycles. The third-order valence-electron chi connectivity index (χ3n) is 5.73. The Kier molecular flexibility index (Phi) is 6.38. The average Bonchev–Trinajstić information content (AvgIpc) is 3.39. The van der Waals surface area contributed by atoms with Gasteiger partial charge in [-0.05, 0) is 37.3 Å². The number of H-pyrrole nitrogens is 1. The standard InChI is InChI=1S/C21H27N5O4S/c1-31(28,29)26-11-9-15(10-12-26)21-24-20(30-25-21)14-23-19(27)8-4-5-16-13-22-18-7-3-2-6-17(16)18/h2-3,6-7,13,15,22H,4-5,8-12,14H2,1H3,(H,23,27). The van der Waals surface area contributed by atoms with Crippen LogP contribution in [0, 0.1) is 0 Å². The first-order chi connectivity index (χ1) is 14.9. The average molecular weight is 446 g/mol. The second-order valence-corrected chi connectivity index (χ2v) is 9.95. The van der Waals surface area contributed by atoms with Gasteiger partial charge >= 0.3 is 0 Å². The van der Waals surface area contributed by atoms with Crippen LogP contribution in [0.5, 0.6) is 0 Å². The Bertz CT molecular complexity index is 1150. The van der Waals surface area contributed by atoms with Gasteiger partial charge in [-0.15, -0.1) is 0 Å². The van der Waals surface area contributed by atoms with E-state index in [0.29, 0.717) is 44.1 Å². The number of hydrogen-bond donors (Lipinski definition) is 2. The fraction of sp³-hybridized carbons (Fsp3) is 0.476. The lowest BCUT2D eigenvalue weighted by atomic mass is 9.98. The number of piperidine rings is 1. The topological polar surface area (TPSA) is 121 Å². The molecule has 1 amide bonds. The van der Waals surface area contributed by atoms with E-state index in [1.54, 1.807) is 0 Å². The molecule has 1 aliphatic rings. The molecule has 0 aliphatic carbocycles. The lowest BCUT2D eigenvalue weighted by Gasteiger charge is -2.28. The van der Waals surface area contributed by atoms with Gasteiger partial charge in [0.25, 0.3) is 0 Å². The maximum Gasteiger partial charge on any atom is 0.246 e. The number of amides is 1. The van der Waals surface area contributed by atoms with Crippen molar-refractivity contribution in [2.75, 3.05) is 19.3 Å². The van der Waals surface area contributed by atoms with Crippen molar-refractivity contribution in [2.24, 2.45) is 0 Å². The van der Waals surface area contributed by atoms with Crippen molar-refractivity contribution in [2.45, 2.75) is 44.6 Å². The van der Waals surface area contributed by atoms with Crippen LogP contribution < -0.4 is 5.32 Å². The number of carbonyl (C=O) groups is 1. The molecule has 0 spiro atoms. The number of nitrogens with zero attached hydrogens (tertiary/aromatic N) is 3. The van der Waals surface area contributed by atoms with E-state index in [0.717, 1.165) is 18.4 Å². The second kappa shape index (κ2) is 9.19. The minimum Gasteiger partial charge on any atom is -0.361 e. The molecule has 0 atom stereocenters. The minimum atomic E-state index is -3.16. The number of aryl methyl sites for hydroxylation is 1. The normalized spacial score (nSPS) is 16.0. The number of rotatable bonds is 8. The Morgan fingerprint density at radius 1 is 1.29 bits per heavy atom. The van der Waals surface area contributed by atoms with Crippen LogP contribution in [-0.2, 0) is 27.8 Å². The highest BCUT2D eigenvalue weighted by Crippen LogP contribution is 2.27. The van der Waals surface area contributed by atoms with E-state index in [4.69, 9.17) is 4.52 Å². The molecule has 10 heteroatoms. The van der Waals surface area contributed by atoms with E-state index in [1.165, 1.54) is 21.5 Å². The summed E-state index contributed by atoms with van der Waals surface area (Å²) in [6, 6.07) is 8.14. The Morgan fingerprint density at radius 2 is 2.06 bits per heavy atom. The maximum atomic E-state index is 12.2. The summed E-state index contributed by atoms with van der Waals surface area (Å²) in [5.74, 6) is 0.964. The number of aromatic amines is 1. The third-order valence-corrected chi connectivity index (χ3v) is 7.04. The van der Waals surface area contributed by atoms with E-state index in [2.05, 4.69) is 26.5 Å². The zero-order valence-electron chi connectivity index (χ0n) is 17.5. The highest BCUT2D eigenvalue weighted by atomic mass is 32.2.